The molecule has 1 aliphatic heterocycles. The van der Waals surface area contributed by atoms with Crippen molar-refractivity contribution in [3.63, 3.8) is 0 Å². The highest BCUT2D eigenvalue weighted by Gasteiger charge is 2.39. The maximum absolute atomic E-state index is 13.2. The second-order valence-electron chi connectivity index (χ2n) is 6.09. The Morgan fingerprint density at radius 2 is 1.71 bits per heavy atom. The predicted octanol–water partition coefficient (Wildman–Crippen LogP) is 4.36. The van der Waals surface area contributed by atoms with E-state index in [4.69, 9.17) is 5.26 Å². The number of nitrogens with one attached hydrogen (secondary N) is 1. The van der Waals surface area contributed by atoms with Crippen molar-refractivity contribution in [3.05, 3.63) is 82.9 Å². The van der Waals surface area contributed by atoms with Crippen LogP contribution in [-0.2, 0) is 6.18 Å². The van der Waals surface area contributed by atoms with Crippen molar-refractivity contribution >= 4 is 11.6 Å². The molecule has 0 aliphatic carbocycles. The first-order valence-electron chi connectivity index (χ1n) is 8.14. The lowest BCUT2D eigenvalue weighted by atomic mass is 10.0. The summed E-state index contributed by atoms with van der Waals surface area (Å²) in [6.45, 7) is 0. The van der Waals surface area contributed by atoms with Gasteiger partial charge in [-0.25, -0.2) is 9.07 Å². The summed E-state index contributed by atoms with van der Waals surface area (Å²) in [5.74, 6) is -1.77. The van der Waals surface area contributed by atoms with Gasteiger partial charge in [0.25, 0.3) is 5.82 Å². The number of fused-ring (bicyclic) bond motifs is 1. The molecule has 9 heteroatoms. The maximum Gasteiger partial charge on any atom is 0.453 e. The monoisotopic (exact) mass is 385 g/mol. The van der Waals surface area contributed by atoms with Gasteiger partial charge in [-0.3, -0.25) is 0 Å². The minimum absolute atomic E-state index is 0.0801. The Morgan fingerprint density at radius 3 is 2.32 bits per heavy atom. The quantitative estimate of drug-likeness (QED) is 0.666. The smallest absolute Gasteiger partial charge is 0.324 e. The van der Waals surface area contributed by atoms with Crippen molar-refractivity contribution in [1.82, 2.24) is 14.8 Å². The molecule has 1 unspecified atom stereocenters. The van der Waals surface area contributed by atoms with Gasteiger partial charge >= 0.3 is 6.18 Å². The van der Waals surface area contributed by atoms with Gasteiger partial charge in [-0.2, -0.15) is 23.4 Å². The van der Waals surface area contributed by atoms with Crippen LogP contribution in [-0.4, -0.2) is 14.8 Å². The summed E-state index contributed by atoms with van der Waals surface area (Å²) in [6.07, 6.45) is -3.02. The third-order valence-corrected chi connectivity index (χ3v) is 4.26. The third kappa shape index (κ3) is 3.20. The number of halogens is 4. The van der Waals surface area contributed by atoms with Gasteiger partial charge in [-0.05, 0) is 53.6 Å². The van der Waals surface area contributed by atoms with E-state index in [1.165, 1.54) is 24.3 Å². The lowest BCUT2D eigenvalue weighted by molar-refractivity contribution is -0.145. The first-order valence-corrected chi connectivity index (χ1v) is 8.14. The van der Waals surface area contributed by atoms with Crippen LogP contribution in [0.4, 0.5) is 23.5 Å². The molecule has 4 rings (SSSR count). The summed E-state index contributed by atoms with van der Waals surface area (Å²) < 4.78 is 53.7. The van der Waals surface area contributed by atoms with Gasteiger partial charge in [0.15, 0.2) is 0 Å². The highest BCUT2D eigenvalue weighted by Crippen LogP contribution is 2.35. The molecule has 1 aliphatic rings. The normalized spacial score (nSPS) is 16.0. The van der Waals surface area contributed by atoms with Gasteiger partial charge in [0.1, 0.15) is 11.9 Å². The summed E-state index contributed by atoms with van der Waals surface area (Å²) in [6, 6.07) is 13.3. The molecular weight excluding hydrogens is 374 g/mol. The Morgan fingerprint density at radius 1 is 1.04 bits per heavy atom. The van der Waals surface area contributed by atoms with Crippen molar-refractivity contribution in [3.8, 4) is 6.07 Å². The van der Waals surface area contributed by atoms with E-state index in [1.54, 1.807) is 30.3 Å². The van der Waals surface area contributed by atoms with E-state index in [0.717, 1.165) is 4.68 Å². The lowest BCUT2D eigenvalue weighted by Crippen LogP contribution is -2.20. The second-order valence-corrected chi connectivity index (χ2v) is 6.09. The number of hydrogen-bond acceptors (Lipinski definition) is 4. The molecule has 5 nitrogen and oxygen atoms in total. The molecule has 1 N–H and O–H groups in total. The second kappa shape index (κ2) is 6.49. The van der Waals surface area contributed by atoms with Gasteiger partial charge in [0.2, 0.25) is 5.95 Å². The third-order valence-electron chi connectivity index (χ3n) is 4.26. The number of rotatable bonds is 2. The van der Waals surface area contributed by atoms with Crippen LogP contribution in [0.3, 0.4) is 0 Å². The molecule has 0 fully saturated rings. The Bertz CT molecular complexity index is 1090. The van der Waals surface area contributed by atoms with Crippen LogP contribution in [0.5, 0.6) is 0 Å². The molecule has 140 valence electrons. The topological polar surface area (TPSA) is 66.5 Å². The fourth-order valence-corrected chi connectivity index (χ4v) is 2.90. The molecule has 3 aromatic rings. The van der Waals surface area contributed by atoms with Gasteiger partial charge in [-0.1, -0.05) is 12.1 Å². The van der Waals surface area contributed by atoms with Crippen LogP contribution in [0.15, 0.2) is 54.6 Å². The average Bonchev–Trinajstić information content (AvgIpc) is 3.13. The van der Waals surface area contributed by atoms with E-state index >= 15 is 0 Å². The first-order chi connectivity index (χ1) is 13.3. The van der Waals surface area contributed by atoms with Crippen LogP contribution < -0.4 is 5.32 Å². The summed E-state index contributed by atoms with van der Waals surface area (Å²) in [4.78, 5) is 3.57. The van der Waals surface area contributed by atoms with E-state index in [1.807, 2.05) is 6.07 Å². The summed E-state index contributed by atoms with van der Waals surface area (Å²) in [7, 11) is 0. The zero-order valence-electron chi connectivity index (χ0n) is 14.1. The van der Waals surface area contributed by atoms with Crippen molar-refractivity contribution in [1.29, 1.82) is 5.26 Å². The Kier molecular flexibility index (Phi) is 4.11. The molecule has 0 saturated heterocycles. The molecule has 2 heterocycles. The Balaban J connectivity index is 1.83. The number of benzene rings is 2. The zero-order valence-corrected chi connectivity index (χ0v) is 14.1. The Hall–Kier alpha value is -3.67. The first kappa shape index (κ1) is 17.7. The van der Waals surface area contributed by atoms with Gasteiger partial charge < -0.3 is 5.32 Å². The number of anilines is 1. The Labute approximate surface area is 156 Å². The van der Waals surface area contributed by atoms with Crippen LogP contribution in [0.25, 0.3) is 5.70 Å². The van der Waals surface area contributed by atoms with Gasteiger partial charge in [-0.15, -0.1) is 5.10 Å². The average molecular weight is 385 g/mol. The van der Waals surface area contributed by atoms with E-state index in [-0.39, 0.29) is 5.95 Å². The zero-order chi connectivity index (χ0) is 19.9. The predicted molar refractivity (Wildman–Crippen MR) is 92.3 cm³/mol. The van der Waals surface area contributed by atoms with E-state index in [9.17, 15) is 17.6 Å². The molecule has 0 bridgehead atoms. The van der Waals surface area contributed by atoms with Crippen molar-refractivity contribution in [2.45, 2.75) is 12.2 Å². The molecule has 0 saturated carbocycles. The number of allylic oxidation sites excluding steroid dienone is 1. The van der Waals surface area contributed by atoms with Gasteiger partial charge in [0.05, 0.1) is 11.6 Å². The number of nitriles is 1. The fourth-order valence-electron chi connectivity index (χ4n) is 2.90. The van der Waals surface area contributed by atoms with E-state index in [2.05, 4.69) is 15.4 Å². The highest BCUT2D eigenvalue weighted by atomic mass is 19.4. The van der Waals surface area contributed by atoms with Crippen molar-refractivity contribution in [2.75, 3.05) is 5.32 Å². The molecule has 2 aromatic carbocycles. The van der Waals surface area contributed by atoms with Crippen LogP contribution >= 0.6 is 0 Å². The van der Waals surface area contributed by atoms with Crippen molar-refractivity contribution in [2.24, 2.45) is 0 Å². The molecule has 28 heavy (non-hydrogen) atoms. The minimum Gasteiger partial charge on any atom is -0.324 e. The molecular formula is C19H11F4N5. The number of nitrogens with zero attached hydrogens (tertiary/aromatic N) is 4. The number of alkyl halides is 3. The van der Waals surface area contributed by atoms with Crippen LogP contribution in [0.2, 0.25) is 0 Å². The molecule has 0 radical (unpaired) electrons. The standard InChI is InChI=1S/C19H11F4N5/c20-14-7-5-12(6-8-14)15-9-16(13-3-1-11(10-24)2-4-13)28-18(25-15)26-17(27-28)19(21,22)23/h1-9,16H,(H,25,26,27). The fraction of sp³-hybridized carbons (Fsp3) is 0.105. The molecule has 0 amide bonds. The molecule has 0 spiro atoms. The highest BCUT2D eigenvalue weighted by molar-refractivity contribution is 5.77. The summed E-state index contributed by atoms with van der Waals surface area (Å²) >= 11 is 0. The molecule has 1 atom stereocenters. The number of aromatic nitrogens is 3. The largest absolute Gasteiger partial charge is 0.453 e. The maximum atomic E-state index is 13.2. The SMILES string of the molecule is N#Cc1ccc(C2C=C(c3ccc(F)cc3)Nc3nc(C(F)(F)F)nn32)cc1. The lowest BCUT2D eigenvalue weighted by Gasteiger charge is -2.24. The van der Waals surface area contributed by atoms with E-state index < -0.39 is 23.9 Å². The summed E-state index contributed by atoms with van der Waals surface area (Å²) in [5.41, 5.74) is 2.11. The van der Waals surface area contributed by atoms with Crippen LogP contribution in [0.1, 0.15) is 28.6 Å². The number of hydrogen-bond donors (Lipinski definition) is 1. The van der Waals surface area contributed by atoms with Gasteiger partial charge in [0, 0.05) is 5.70 Å². The summed E-state index contributed by atoms with van der Waals surface area (Å²) in [5, 5.41) is 15.4. The molecule has 1 aromatic heterocycles. The van der Waals surface area contributed by atoms with Crippen LogP contribution in [0, 0.1) is 17.1 Å². The van der Waals surface area contributed by atoms with Crippen molar-refractivity contribution < 1.29 is 17.6 Å². The van der Waals surface area contributed by atoms with E-state index in [0.29, 0.717) is 22.4 Å². The minimum atomic E-state index is -4.70.